The molecule has 1 unspecified atom stereocenters. The van der Waals surface area contributed by atoms with Crippen LogP contribution in [0, 0.1) is 0 Å². The van der Waals surface area contributed by atoms with Gasteiger partial charge < -0.3 is 19.9 Å². The lowest BCUT2D eigenvalue weighted by molar-refractivity contribution is 0.0678. The van der Waals surface area contributed by atoms with Gasteiger partial charge in [-0.2, -0.15) is 0 Å². The minimum Gasteiger partial charge on any atom is -0.387 e. The quantitative estimate of drug-likeness (QED) is 0.698. The Hall–Kier alpha value is -2.93. The molecule has 1 atom stereocenters. The van der Waals surface area contributed by atoms with Crippen LogP contribution in [0.2, 0.25) is 0 Å². The van der Waals surface area contributed by atoms with Gasteiger partial charge >= 0.3 is 0 Å². The van der Waals surface area contributed by atoms with Crippen LogP contribution in [0.1, 0.15) is 91.3 Å². The number of nitrogens with one attached hydrogen (secondary N) is 1. The van der Waals surface area contributed by atoms with Gasteiger partial charge in [-0.1, -0.05) is 49.6 Å². The molecule has 1 aliphatic carbocycles. The van der Waals surface area contributed by atoms with Gasteiger partial charge in [0.05, 0.1) is 12.6 Å². The van der Waals surface area contributed by atoms with Gasteiger partial charge in [0.25, 0.3) is 11.8 Å². The smallest absolute Gasteiger partial charge is 0.259 e. The zero-order chi connectivity index (χ0) is 24.2. The lowest BCUT2D eigenvalue weighted by Crippen LogP contribution is -2.44. The van der Waals surface area contributed by atoms with Crippen LogP contribution < -0.4 is 10.7 Å². The highest BCUT2D eigenvalue weighted by atomic mass is 16.3. The van der Waals surface area contributed by atoms with E-state index in [9.17, 15) is 19.5 Å². The summed E-state index contributed by atoms with van der Waals surface area (Å²) in [7, 11) is 1.56. The van der Waals surface area contributed by atoms with Crippen LogP contribution in [0.15, 0.2) is 47.5 Å². The number of carbonyl (C=O) groups is 2. The molecule has 1 heterocycles. The van der Waals surface area contributed by atoms with Crippen LogP contribution >= 0.6 is 0 Å². The van der Waals surface area contributed by atoms with Crippen LogP contribution in [0.3, 0.4) is 0 Å². The van der Waals surface area contributed by atoms with E-state index in [2.05, 4.69) is 5.32 Å². The molecule has 7 heteroatoms. The third-order valence-electron chi connectivity index (χ3n) is 5.98. The average Bonchev–Trinajstić information content (AvgIpc) is 2.78. The number of hydrogen-bond acceptors (Lipinski definition) is 4. The molecule has 1 aliphatic rings. The van der Waals surface area contributed by atoms with E-state index in [1.165, 1.54) is 11.3 Å². The Morgan fingerprint density at radius 3 is 2.30 bits per heavy atom. The zero-order valence-electron chi connectivity index (χ0n) is 20.0. The maximum Gasteiger partial charge on any atom is 0.259 e. The van der Waals surface area contributed by atoms with Crippen LogP contribution in [0.25, 0.3) is 0 Å². The molecular formula is C26H35N3O4. The van der Waals surface area contributed by atoms with Crippen molar-refractivity contribution in [2.75, 3.05) is 13.6 Å². The Bertz CT molecular complexity index is 1030. The summed E-state index contributed by atoms with van der Waals surface area (Å²) in [5.74, 6) is -0.997. The monoisotopic (exact) mass is 453 g/mol. The Balaban J connectivity index is 1.94. The molecule has 2 amide bonds. The molecule has 1 saturated carbocycles. The van der Waals surface area contributed by atoms with Gasteiger partial charge in [0.15, 0.2) is 0 Å². The van der Waals surface area contributed by atoms with Crippen molar-refractivity contribution in [3.8, 4) is 0 Å². The van der Waals surface area contributed by atoms with Gasteiger partial charge in [0.1, 0.15) is 11.1 Å². The predicted octanol–water partition coefficient (Wildman–Crippen LogP) is 3.69. The Morgan fingerprint density at radius 2 is 1.70 bits per heavy atom. The second-order valence-electron chi connectivity index (χ2n) is 9.97. The van der Waals surface area contributed by atoms with Crippen molar-refractivity contribution in [1.29, 1.82) is 0 Å². The number of aliphatic hydroxyl groups excluding tert-OH is 1. The van der Waals surface area contributed by atoms with Gasteiger partial charge in [-0.25, -0.2) is 0 Å². The third-order valence-corrected chi connectivity index (χ3v) is 5.98. The molecule has 2 N–H and O–H groups in total. The number of pyridine rings is 1. The summed E-state index contributed by atoms with van der Waals surface area (Å²) >= 11 is 0. The average molecular weight is 454 g/mol. The summed E-state index contributed by atoms with van der Waals surface area (Å²) < 4.78 is 1.87. The molecular weight excluding hydrogens is 418 g/mol. The van der Waals surface area contributed by atoms with E-state index >= 15 is 0 Å². The molecule has 0 aliphatic heterocycles. The Morgan fingerprint density at radius 1 is 1.09 bits per heavy atom. The van der Waals surface area contributed by atoms with Crippen molar-refractivity contribution >= 4 is 11.8 Å². The highest BCUT2D eigenvalue weighted by Crippen LogP contribution is 2.28. The maximum atomic E-state index is 13.3. The number of likely N-dealkylation sites (N-methyl/N-ethyl adjacent to an activating group) is 1. The minimum absolute atomic E-state index is 0.0293. The van der Waals surface area contributed by atoms with Crippen molar-refractivity contribution < 1.29 is 14.7 Å². The van der Waals surface area contributed by atoms with E-state index < -0.39 is 28.9 Å². The van der Waals surface area contributed by atoms with Gasteiger partial charge in [-0.15, -0.1) is 0 Å². The van der Waals surface area contributed by atoms with Crippen LogP contribution in [0.4, 0.5) is 0 Å². The lowest BCUT2D eigenvalue weighted by atomic mass is 9.95. The first-order valence-electron chi connectivity index (χ1n) is 11.6. The fourth-order valence-electron chi connectivity index (χ4n) is 4.24. The van der Waals surface area contributed by atoms with Crippen LogP contribution in [-0.4, -0.2) is 45.5 Å². The standard InChI is InChI=1S/C26H35N3O4/c1-26(2,3)27-24(32)20-15-29(19-13-9-6-10-14-19)16-21(23(20)31)25(33)28(4)17-22(30)18-11-7-5-8-12-18/h5,7-8,11-12,15-16,19,22,30H,6,9-10,13-14,17H2,1-4H3,(H,27,32). The van der Waals surface area contributed by atoms with E-state index in [1.54, 1.807) is 31.6 Å². The fourth-order valence-corrected chi connectivity index (χ4v) is 4.24. The maximum absolute atomic E-state index is 13.3. The van der Waals surface area contributed by atoms with Gasteiger partial charge in [0.2, 0.25) is 5.43 Å². The van der Waals surface area contributed by atoms with Crippen molar-refractivity contribution in [3.05, 3.63) is 69.6 Å². The number of rotatable bonds is 6. The van der Waals surface area contributed by atoms with Gasteiger partial charge in [0, 0.05) is 31.0 Å². The van der Waals surface area contributed by atoms with Crippen molar-refractivity contribution in [2.45, 2.75) is 70.6 Å². The molecule has 178 valence electrons. The van der Waals surface area contributed by atoms with E-state index in [-0.39, 0.29) is 23.7 Å². The number of carbonyl (C=O) groups excluding carboxylic acids is 2. The molecule has 1 fully saturated rings. The summed E-state index contributed by atoms with van der Waals surface area (Å²) in [5, 5.41) is 13.4. The van der Waals surface area contributed by atoms with Crippen molar-refractivity contribution in [3.63, 3.8) is 0 Å². The van der Waals surface area contributed by atoms with E-state index in [4.69, 9.17) is 0 Å². The first-order chi connectivity index (χ1) is 15.6. The minimum atomic E-state index is -0.881. The van der Waals surface area contributed by atoms with Crippen LogP contribution in [0.5, 0.6) is 0 Å². The summed E-state index contributed by atoms with van der Waals surface area (Å²) in [4.78, 5) is 40.8. The third kappa shape index (κ3) is 6.32. The van der Waals surface area contributed by atoms with Gasteiger partial charge in [-0.3, -0.25) is 14.4 Å². The molecule has 7 nitrogen and oxygen atoms in total. The number of amides is 2. The largest absolute Gasteiger partial charge is 0.387 e. The first kappa shape index (κ1) is 24.7. The normalized spacial score (nSPS) is 15.7. The molecule has 1 aromatic heterocycles. The second-order valence-corrected chi connectivity index (χ2v) is 9.97. The number of aromatic nitrogens is 1. The molecule has 0 spiro atoms. The number of nitrogens with zero attached hydrogens (tertiary/aromatic N) is 2. The molecule has 1 aromatic carbocycles. The van der Waals surface area contributed by atoms with E-state index in [1.807, 2.05) is 43.5 Å². The Labute approximate surface area is 195 Å². The first-order valence-corrected chi connectivity index (χ1v) is 11.6. The molecule has 0 radical (unpaired) electrons. The highest BCUT2D eigenvalue weighted by Gasteiger charge is 2.26. The molecule has 0 bridgehead atoms. The number of benzene rings is 1. The molecule has 2 aromatic rings. The zero-order valence-corrected chi connectivity index (χ0v) is 20.0. The Kier molecular flexibility index (Phi) is 7.74. The molecule has 33 heavy (non-hydrogen) atoms. The SMILES string of the molecule is CN(CC(O)c1ccccc1)C(=O)c1cn(C2CCCCC2)cc(C(=O)NC(C)(C)C)c1=O. The summed E-state index contributed by atoms with van der Waals surface area (Å²) in [6, 6.07) is 9.22. The fraction of sp³-hybridized carbons (Fsp3) is 0.500. The molecule has 0 saturated heterocycles. The van der Waals surface area contributed by atoms with Crippen molar-refractivity contribution in [2.24, 2.45) is 0 Å². The van der Waals surface area contributed by atoms with Crippen molar-refractivity contribution in [1.82, 2.24) is 14.8 Å². The summed E-state index contributed by atoms with van der Waals surface area (Å²) in [6.45, 7) is 5.57. The number of aliphatic hydroxyl groups is 1. The van der Waals surface area contributed by atoms with Gasteiger partial charge in [-0.05, 0) is 39.2 Å². The van der Waals surface area contributed by atoms with E-state index in [0.29, 0.717) is 5.56 Å². The summed E-state index contributed by atoms with van der Waals surface area (Å²) in [5.41, 5.74) is -0.497. The highest BCUT2D eigenvalue weighted by molar-refractivity contribution is 5.99. The molecule has 3 rings (SSSR count). The topological polar surface area (TPSA) is 91.6 Å². The summed E-state index contributed by atoms with van der Waals surface area (Å²) in [6.07, 6.45) is 7.50. The second kappa shape index (κ2) is 10.3. The number of hydrogen-bond donors (Lipinski definition) is 2. The van der Waals surface area contributed by atoms with Crippen LogP contribution in [-0.2, 0) is 0 Å². The predicted molar refractivity (Wildman–Crippen MR) is 128 cm³/mol. The lowest BCUT2D eigenvalue weighted by Gasteiger charge is -2.27. The van der Waals surface area contributed by atoms with E-state index in [0.717, 1.165) is 25.7 Å².